The van der Waals surface area contributed by atoms with Crippen LogP contribution in [-0.2, 0) is 32.0 Å². The molecule has 0 aliphatic carbocycles. The Hall–Kier alpha value is -5.54. The first-order valence-corrected chi connectivity index (χ1v) is 22.3. The molecular weight excluding hydrogens is 729 g/mol. The fourth-order valence-corrected chi connectivity index (χ4v) is 7.18. The zero-order chi connectivity index (χ0) is 40.5. The molecule has 2 N–H and O–H groups in total. The van der Waals surface area contributed by atoms with E-state index in [9.17, 15) is 10.2 Å². The predicted molar refractivity (Wildman–Crippen MR) is 228 cm³/mol. The standard InChI is InChI=1S/C49H54O7Si/c1-36(50)49(51,41-27-28-43(53-33-38-21-13-8-14-22-38)44(29-41)54-34-39-23-15-9-16-24-39)47-45(55-35-40-25-17-10-18-26-40)30-42(52-32-37-19-11-7-12-20-37)31-46(47)56-57(5,6)48(2,3)4/h7-31,36,50-51H,32-35H2,1-6H3. The number of aliphatic hydroxyl groups excluding tert-OH is 1. The normalized spacial score (nSPS) is 13.3. The van der Waals surface area contributed by atoms with Crippen molar-refractivity contribution in [1.29, 1.82) is 0 Å². The Morgan fingerprint density at radius 2 is 0.912 bits per heavy atom. The molecule has 0 fully saturated rings. The van der Waals surface area contributed by atoms with E-state index in [1.165, 1.54) is 0 Å². The topological polar surface area (TPSA) is 86.6 Å². The number of hydrogen-bond acceptors (Lipinski definition) is 7. The van der Waals surface area contributed by atoms with Crippen LogP contribution in [0.15, 0.2) is 152 Å². The second-order valence-electron chi connectivity index (χ2n) is 15.9. The van der Waals surface area contributed by atoms with Gasteiger partial charge in [-0.1, -0.05) is 148 Å². The van der Waals surface area contributed by atoms with Gasteiger partial charge in [0.2, 0.25) is 8.32 Å². The number of aliphatic hydroxyl groups is 2. The molecule has 0 amide bonds. The van der Waals surface area contributed by atoms with E-state index in [4.69, 9.17) is 23.4 Å². The first-order valence-electron chi connectivity index (χ1n) is 19.4. The second-order valence-corrected chi connectivity index (χ2v) is 20.6. The molecule has 57 heavy (non-hydrogen) atoms. The summed E-state index contributed by atoms with van der Waals surface area (Å²) in [5, 5.41) is 24.9. The van der Waals surface area contributed by atoms with Crippen LogP contribution >= 0.6 is 0 Å². The first kappa shape index (κ1) is 41.1. The summed E-state index contributed by atoms with van der Waals surface area (Å²) in [7, 11) is -2.57. The zero-order valence-electron chi connectivity index (χ0n) is 33.8. The lowest BCUT2D eigenvalue weighted by molar-refractivity contribution is -0.0423. The van der Waals surface area contributed by atoms with Crippen molar-refractivity contribution in [2.45, 2.75) is 84.0 Å². The van der Waals surface area contributed by atoms with Gasteiger partial charge in [0, 0.05) is 12.1 Å². The third kappa shape index (κ3) is 10.3. The molecule has 2 unspecified atom stereocenters. The molecule has 7 nitrogen and oxygen atoms in total. The molecule has 2 atom stereocenters. The minimum atomic E-state index is -2.57. The molecule has 8 heteroatoms. The average molecular weight is 783 g/mol. The fourth-order valence-electron chi connectivity index (χ4n) is 6.17. The van der Waals surface area contributed by atoms with Crippen molar-refractivity contribution in [3.05, 3.63) is 185 Å². The molecule has 0 aliphatic heterocycles. The lowest BCUT2D eigenvalue weighted by Crippen LogP contribution is -2.45. The van der Waals surface area contributed by atoms with Crippen molar-refractivity contribution in [2.24, 2.45) is 0 Å². The summed E-state index contributed by atoms with van der Waals surface area (Å²) in [6.45, 7) is 13.4. The average Bonchev–Trinajstić information content (AvgIpc) is 3.21. The van der Waals surface area contributed by atoms with Crippen LogP contribution < -0.4 is 23.4 Å². The van der Waals surface area contributed by atoms with Crippen molar-refractivity contribution < 1.29 is 33.6 Å². The lowest BCUT2D eigenvalue weighted by atomic mass is 9.81. The van der Waals surface area contributed by atoms with Gasteiger partial charge in [0.05, 0.1) is 11.7 Å². The Labute approximate surface area is 338 Å². The second kappa shape index (κ2) is 18.2. The van der Waals surface area contributed by atoms with Crippen LogP contribution in [-0.4, -0.2) is 24.6 Å². The van der Waals surface area contributed by atoms with E-state index in [-0.39, 0.29) is 23.8 Å². The van der Waals surface area contributed by atoms with E-state index in [0.717, 1.165) is 22.3 Å². The summed E-state index contributed by atoms with van der Waals surface area (Å²) in [6, 6.07) is 48.4. The SMILES string of the molecule is CC(O)C(O)(c1ccc(OCc2ccccc2)c(OCc2ccccc2)c1)c1c(OCc2ccccc2)cc(OCc2ccccc2)cc1O[Si](C)(C)C(C)(C)C. The molecule has 6 aromatic carbocycles. The number of hydrogen-bond donors (Lipinski definition) is 2. The van der Waals surface area contributed by atoms with Gasteiger partial charge in [-0.25, -0.2) is 0 Å². The summed E-state index contributed by atoms with van der Waals surface area (Å²) >= 11 is 0. The van der Waals surface area contributed by atoms with E-state index >= 15 is 0 Å². The maximum Gasteiger partial charge on any atom is 0.250 e. The van der Waals surface area contributed by atoms with Crippen LogP contribution in [0.1, 0.15) is 61.1 Å². The minimum Gasteiger partial charge on any atom is -0.543 e. The number of benzene rings is 6. The van der Waals surface area contributed by atoms with E-state index < -0.39 is 20.0 Å². The highest BCUT2D eigenvalue weighted by Crippen LogP contribution is 2.50. The van der Waals surface area contributed by atoms with Crippen molar-refractivity contribution in [1.82, 2.24) is 0 Å². The largest absolute Gasteiger partial charge is 0.543 e. The summed E-state index contributed by atoms with van der Waals surface area (Å²) in [4.78, 5) is 0. The third-order valence-corrected chi connectivity index (χ3v) is 14.9. The van der Waals surface area contributed by atoms with E-state index in [0.29, 0.717) is 47.5 Å². The molecule has 0 saturated heterocycles. The van der Waals surface area contributed by atoms with Crippen LogP contribution in [0.2, 0.25) is 18.1 Å². The Balaban J connectivity index is 1.50. The maximum absolute atomic E-state index is 13.3. The quantitative estimate of drug-likeness (QED) is 0.0891. The van der Waals surface area contributed by atoms with Gasteiger partial charge < -0.3 is 33.6 Å². The Kier molecular flexibility index (Phi) is 13.1. The molecule has 6 rings (SSSR count). The molecule has 6 aromatic rings. The van der Waals surface area contributed by atoms with Crippen LogP contribution in [0.25, 0.3) is 0 Å². The Bertz CT molecular complexity index is 2170. The monoisotopic (exact) mass is 782 g/mol. The number of ether oxygens (including phenoxy) is 4. The molecule has 0 bridgehead atoms. The Morgan fingerprint density at radius 1 is 0.509 bits per heavy atom. The van der Waals surface area contributed by atoms with Crippen LogP contribution in [0, 0.1) is 0 Å². The molecular formula is C49H54O7Si. The summed E-state index contributed by atoms with van der Waals surface area (Å²) in [6.07, 6.45) is -1.34. The number of rotatable bonds is 17. The fraction of sp³-hybridized carbons (Fsp3) is 0.265. The molecule has 0 radical (unpaired) electrons. The van der Waals surface area contributed by atoms with Crippen molar-refractivity contribution in [2.75, 3.05) is 0 Å². The van der Waals surface area contributed by atoms with Crippen LogP contribution in [0.5, 0.6) is 28.7 Å². The molecule has 0 aliphatic rings. The lowest BCUT2D eigenvalue weighted by Gasteiger charge is -2.40. The van der Waals surface area contributed by atoms with Crippen molar-refractivity contribution in [3.8, 4) is 28.7 Å². The zero-order valence-corrected chi connectivity index (χ0v) is 34.8. The summed E-state index contributed by atoms with van der Waals surface area (Å²) in [5.74, 6) is 2.10. The van der Waals surface area contributed by atoms with Crippen molar-refractivity contribution in [3.63, 3.8) is 0 Å². The summed E-state index contributed by atoms with van der Waals surface area (Å²) in [5.41, 5.74) is 2.51. The summed E-state index contributed by atoms with van der Waals surface area (Å²) < 4.78 is 32.9. The van der Waals surface area contributed by atoms with E-state index in [2.05, 4.69) is 33.9 Å². The van der Waals surface area contributed by atoms with Gasteiger partial charge in [-0.05, 0) is 65.0 Å². The first-order chi connectivity index (χ1) is 27.3. The molecule has 0 saturated carbocycles. The Morgan fingerprint density at radius 3 is 1.35 bits per heavy atom. The predicted octanol–water partition coefficient (Wildman–Crippen LogP) is 11.0. The molecule has 0 aromatic heterocycles. The van der Waals surface area contributed by atoms with Gasteiger partial charge in [-0.15, -0.1) is 0 Å². The molecule has 0 heterocycles. The molecule has 296 valence electrons. The highest BCUT2D eigenvalue weighted by Gasteiger charge is 2.46. The van der Waals surface area contributed by atoms with Gasteiger partial charge in [0.25, 0.3) is 0 Å². The highest BCUT2D eigenvalue weighted by molar-refractivity contribution is 6.74. The molecule has 0 spiro atoms. The van der Waals surface area contributed by atoms with Gasteiger partial charge in [0.1, 0.15) is 49.3 Å². The van der Waals surface area contributed by atoms with Gasteiger partial charge in [-0.3, -0.25) is 0 Å². The van der Waals surface area contributed by atoms with Gasteiger partial charge in [0.15, 0.2) is 11.5 Å². The van der Waals surface area contributed by atoms with Gasteiger partial charge in [-0.2, -0.15) is 0 Å². The van der Waals surface area contributed by atoms with Crippen molar-refractivity contribution >= 4 is 8.32 Å². The van der Waals surface area contributed by atoms with Crippen LogP contribution in [0.3, 0.4) is 0 Å². The van der Waals surface area contributed by atoms with Gasteiger partial charge >= 0.3 is 0 Å². The van der Waals surface area contributed by atoms with E-state index in [1.54, 1.807) is 31.2 Å². The van der Waals surface area contributed by atoms with Crippen LogP contribution in [0.4, 0.5) is 0 Å². The van der Waals surface area contributed by atoms with E-state index in [1.807, 2.05) is 127 Å². The highest BCUT2D eigenvalue weighted by atomic mass is 28.4. The smallest absolute Gasteiger partial charge is 0.250 e. The minimum absolute atomic E-state index is 0.198. The third-order valence-electron chi connectivity index (χ3n) is 10.5. The maximum atomic E-state index is 13.3.